The van der Waals surface area contributed by atoms with Crippen LogP contribution >= 0.6 is 0 Å². The lowest BCUT2D eigenvalue weighted by molar-refractivity contribution is -0.137. The number of amides is 4. The average Bonchev–Trinajstić information content (AvgIpc) is 3.17. The minimum absolute atomic E-state index is 0.0434. The maximum atomic E-state index is 13.2. The van der Waals surface area contributed by atoms with Gasteiger partial charge in [0.1, 0.15) is 6.04 Å². The van der Waals surface area contributed by atoms with Crippen molar-refractivity contribution in [1.29, 1.82) is 0 Å². The smallest absolute Gasteiger partial charge is 0.378 e. The topological polar surface area (TPSA) is 213 Å². The molecule has 16 heteroatoms. The molecule has 0 aliphatic heterocycles. The van der Waals surface area contributed by atoms with E-state index in [-0.39, 0.29) is 43.8 Å². The molecule has 0 aliphatic carbocycles. The number of nitrogens with zero attached hydrogens (tertiary/aromatic N) is 6. The molecule has 5 N–H and O–H groups in total. The number of anilines is 2. The summed E-state index contributed by atoms with van der Waals surface area (Å²) in [5.41, 5.74) is 10.1. The molecule has 0 fully saturated rings. The first kappa shape index (κ1) is 40.8. The lowest BCUT2D eigenvalue weighted by atomic mass is 10.1. The van der Waals surface area contributed by atoms with Crippen molar-refractivity contribution in [1.82, 2.24) is 16.0 Å². The third kappa shape index (κ3) is 13.5. The van der Waals surface area contributed by atoms with E-state index >= 15 is 0 Å². The number of esters is 1. The number of carbonyl (C=O) groups excluding carboxylic acids is 5. The Morgan fingerprint density at radius 1 is 0.600 bits per heavy atom. The van der Waals surface area contributed by atoms with Gasteiger partial charge in [0.25, 0.3) is 11.8 Å². The fraction of sp³-hybridized carbons (Fsp3) is 0.256. The molecular formula is C39H44N10O6. The lowest BCUT2D eigenvalue weighted by Crippen LogP contribution is -2.48. The van der Waals surface area contributed by atoms with Crippen LogP contribution in [0.15, 0.2) is 118 Å². The molecule has 1 unspecified atom stereocenters. The summed E-state index contributed by atoms with van der Waals surface area (Å²) < 4.78 is 4.34. The molecule has 1 atom stereocenters. The first-order valence-electron chi connectivity index (χ1n) is 17.3. The highest BCUT2D eigenvalue weighted by Gasteiger charge is 2.22. The summed E-state index contributed by atoms with van der Waals surface area (Å²) in [6.45, 7) is 0.146. The van der Waals surface area contributed by atoms with Gasteiger partial charge in [-0.3, -0.25) is 19.2 Å². The maximum Gasteiger partial charge on any atom is 0.412 e. The zero-order chi connectivity index (χ0) is 39.7. The van der Waals surface area contributed by atoms with Gasteiger partial charge in [0, 0.05) is 70.2 Å². The lowest BCUT2D eigenvalue weighted by Gasteiger charge is -2.18. The van der Waals surface area contributed by atoms with Crippen molar-refractivity contribution in [3.8, 4) is 0 Å². The zero-order valence-corrected chi connectivity index (χ0v) is 31.1. The normalized spacial score (nSPS) is 11.5. The number of rotatable bonds is 17. The standard InChI is InChI=1S/C39H44N10O6/c1-48(2)32-20-16-30(17-21-32)46-44-28-12-8-26(9-13-28)36(51)41-24-25-42-38(53)34(6-5-7-35(50)55-39(40)54)43-37(52)27-10-14-29(15-11-27)45-47-31-18-22-33(23-19-31)49(3)4/h8-23,34H,5-7,24-25H2,1-4H3,(H2,40,54)(H,41,51)(H,42,53)(H,43,52). The van der Waals surface area contributed by atoms with E-state index in [0.29, 0.717) is 28.3 Å². The Balaban J connectivity index is 1.29. The second kappa shape index (κ2) is 20.3. The summed E-state index contributed by atoms with van der Waals surface area (Å²) in [5.74, 6) is -2.30. The van der Waals surface area contributed by atoms with E-state index in [4.69, 9.17) is 5.73 Å². The summed E-state index contributed by atoms with van der Waals surface area (Å²) in [7, 11) is 7.79. The molecule has 0 bridgehead atoms. The quantitative estimate of drug-likeness (QED) is 0.0429. The Kier molecular flexibility index (Phi) is 15.1. The van der Waals surface area contributed by atoms with Gasteiger partial charge in [-0.2, -0.15) is 20.5 Å². The van der Waals surface area contributed by atoms with Crippen molar-refractivity contribution in [3.05, 3.63) is 108 Å². The van der Waals surface area contributed by atoms with Crippen LogP contribution in [0.4, 0.5) is 38.9 Å². The summed E-state index contributed by atoms with van der Waals surface area (Å²) in [5, 5.41) is 25.0. The number of nitrogens with one attached hydrogen (secondary N) is 3. The van der Waals surface area contributed by atoms with Crippen molar-refractivity contribution in [2.24, 2.45) is 26.2 Å². The summed E-state index contributed by atoms with van der Waals surface area (Å²) in [4.78, 5) is 65.7. The summed E-state index contributed by atoms with van der Waals surface area (Å²) >= 11 is 0. The Morgan fingerprint density at radius 2 is 1.00 bits per heavy atom. The SMILES string of the molecule is CN(C)c1ccc(N=Nc2ccc(C(=O)NCCNC(=O)C(CCCC(=O)OC(N)=O)NC(=O)c3ccc(N=Nc4ccc(N(C)C)cc4)cc3)cc2)cc1. The Morgan fingerprint density at radius 3 is 1.42 bits per heavy atom. The Labute approximate surface area is 318 Å². The monoisotopic (exact) mass is 748 g/mol. The molecule has 0 aliphatic rings. The van der Waals surface area contributed by atoms with Crippen LogP contribution in [0.3, 0.4) is 0 Å². The number of benzene rings is 4. The van der Waals surface area contributed by atoms with E-state index in [1.54, 1.807) is 48.5 Å². The van der Waals surface area contributed by atoms with Gasteiger partial charge in [-0.05, 0) is 110 Å². The van der Waals surface area contributed by atoms with Crippen LogP contribution in [0, 0.1) is 0 Å². The highest BCUT2D eigenvalue weighted by molar-refractivity contribution is 5.98. The van der Waals surface area contributed by atoms with Crippen LogP contribution in [0.1, 0.15) is 40.0 Å². The van der Waals surface area contributed by atoms with E-state index in [1.165, 1.54) is 0 Å². The highest BCUT2D eigenvalue weighted by Crippen LogP contribution is 2.23. The average molecular weight is 749 g/mol. The molecule has 0 aromatic heterocycles. The minimum Gasteiger partial charge on any atom is -0.378 e. The second-order valence-electron chi connectivity index (χ2n) is 12.6. The molecule has 0 heterocycles. The fourth-order valence-corrected chi connectivity index (χ4v) is 4.94. The number of azo groups is 2. The van der Waals surface area contributed by atoms with E-state index in [0.717, 1.165) is 11.4 Å². The Hall–Kier alpha value is -6.97. The Bertz CT molecular complexity index is 1980. The second-order valence-corrected chi connectivity index (χ2v) is 12.6. The van der Waals surface area contributed by atoms with E-state index in [9.17, 15) is 24.0 Å². The number of ether oxygens (including phenoxy) is 1. The molecule has 55 heavy (non-hydrogen) atoms. The number of carbonyl (C=O) groups is 5. The first-order chi connectivity index (χ1) is 26.4. The van der Waals surface area contributed by atoms with Crippen molar-refractivity contribution in [2.45, 2.75) is 25.3 Å². The molecule has 4 amide bonds. The number of primary amides is 1. The summed E-state index contributed by atoms with van der Waals surface area (Å²) in [6.07, 6.45) is -1.29. The molecule has 4 aromatic rings. The summed E-state index contributed by atoms with van der Waals surface area (Å²) in [6, 6.07) is 27.0. The molecule has 4 aromatic carbocycles. The molecule has 16 nitrogen and oxygen atoms in total. The van der Waals surface area contributed by atoms with Crippen molar-refractivity contribution >= 4 is 63.9 Å². The first-order valence-corrected chi connectivity index (χ1v) is 17.3. The molecular weight excluding hydrogens is 704 g/mol. The van der Waals surface area contributed by atoms with Crippen molar-refractivity contribution in [2.75, 3.05) is 51.1 Å². The minimum atomic E-state index is -1.23. The van der Waals surface area contributed by atoms with E-state index in [2.05, 4.69) is 41.1 Å². The highest BCUT2D eigenvalue weighted by atomic mass is 16.6. The van der Waals surface area contributed by atoms with Crippen molar-refractivity contribution < 1.29 is 28.7 Å². The molecule has 4 rings (SSSR count). The fourth-order valence-electron chi connectivity index (χ4n) is 4.94. The van der Waals surface area contributed by atoms with E-state index < -0.39 is 29.9 Å². The van der Waals surface area contributed by atoms with Gasteiger partial charge in [0.2, 0.25) is 5.91 Å². The van der Waals surface area contributed by atoms with Crippen LogP contribution in [0.25, 0.3) is 0 Å². The molecule has 0 saturated carbocycles. The van der Waals surface area contributed by atoms with E-state index in [1.807, 2.05) is 86.5 Å². The van der Waals surface area contributed by atoms with Gasteiger partial charge in [0.05, 0.1) is 22.7 Å². The van der Waals surface area contributed by atoms with Crippen LogP contribution in [0.2, 0.25) is 0 Å². The third-order valence-corrected chi connectivity index (χ3v) is 7.97. The maximum absolute atomic E-state index is 13.2. The predicted molar refractivity (Wildman–Crippen MR) is 209 cm³/mol. The van der Waals surface area contributed by atoms with Gasteiger partial charge < -0.3 is 36.2 Å². The van der Waals surface area contributed by atoms with Gasteiger partial charge in [-0.25, -0.2) is 4.79 Å². The largest absolute Gasteiger partial charge is 0.412 e. The van der Waals surface area contributed by atoms with Gasteiger partial charge in [-0.15, -0.1) is 0 Å². The number of hydrogen-bond acceptors (Lipinski definition) is 12. The van der Waals surface area contributed by atoms with Crippen molar-refractivity contribution in [3.63, 3.8) is 0 Å². The molecule has 0 radical (unpaired) electrons. The number of nitrogens with two attached hydrogens (primary N) is 1. The van der Waals surface area contributed by atoms with Crippen LogP contribution in [0.5, 0.6) is 0 Å². The molecule has 0 spiro atoms. The van der Waals surface area contributed by atoms with Crippen LogP contribution in [-0.4, -0.2) is 77.1 Å². The molecule has 0 saturated heterocycles. The van der Waals surface area contributed by atoms with Crippen LogP contribution < -0.4 is 31.5 Å². The molecule has 286 valence electrons. The number of hydrogen-bond donors (Lipinski definition) is 4. The van der Waals surface area contributed by atoms with Crippen LogP contribution in [-0.2, 0) is 14.3 Å². The van der Waals surface area contributed by atoms with Gasteiger partial charge >= 0.3 is 12.1 Å². The predicted octanol–water partition coefficient (Wildman–Crippen LogP) is 6.09. The zero-order valence-electron chi connectivity index (χ0n) is 31.1. The van der Waals surface area contributed by atoms with Gasteiger partial charge in [0.15, 0.2) is 0 Å². The third-order valence-electron chi connectivity index (χ3n) is 7.97. The van der Waals surface area contributed by atoms with Gasteiger partial charge in [-0.1, -0.05) is 0 Å².